The number of furan rings is 1. The highest BCUT2D eigenvalue weighted by Crippen LogP contribution is 2.37. The highest BCUT2D eigenvalue weighted by Gasteiger charge is 2.26. The largest absolute Gasteiger partial charge is 0.469 e. The van der Waals surface area contributed by atoms with Gasteiger partial charge in [-0.05, 0) is 37.2 Å². The summed E-state index contributed by atoms with van der Waals surface area (Å²) in [5.74, 6) is 0.715. The summed E-state index contributed by atoms with van der Waals surface area (Å²) in [4.78, 5) is 12.3. The lowest BCUT2D eigenvalue weighted by Gasteiger charge is -2.13. The molecule has 3 aromatic rings. The van der Waals surface area contributed by atoms with Gasteiger partial charge in [-0.1, -0.05) is 30.3 Å². The first-order valence-electron chi connectivity index (χ1n) is 7.45. The Bertz CT molecular complexity index is 813. The van der Waals surface area contributed by atoms with E-state index in [0.717, 1.165) is 11.1 Å². The number of carbonyl (C=O) groups is 1. The standard InChI is InChI=1S/C17H16N2O4S/c1-3-21-16(20)14(12-7-5-4-6-8-12)24-17-19-18-15(23-17)13-9-10-22-11(13)2/h4-10,14H,3H2,1-2H3/t14-/m1/s1. The van der Waals surface area contributed by atoms with E-state index >= 15 is 0 Å². The molecule has 1 aromatic carbocycles. The van der Waals surface area contributed by atoms with E-state index < -0.39 is 5.25 Å². The van der Waals surface area contributed by atoms with Gasteiger partial charge >= 0.3 is 5.97 Å². The molecule has 0 saturated carbocycles. The second-order valence-electron chi connectivity index (χ2n) is 4.92. The van der Waals surface area contributed by atoms with Crippen molar-refractivity contribution in [1.82, 2.24) is 10.2 Å². The fourth-order valence-corrected chi connectivity index (χ4v) is 3.05. The van der Waals surface area contributed by atoms with Crippen molar-refractivity contribution in [3.63, 3.8) is 0 Å². The van der Waals surface area contributed by atoms with Crippen molar-refractivity contribution >= 4 is 17.7 Å². The summed E-state index contributed by atoms with van der Waals surface area (Å²) >= 11 is 1.17. The van der Waals surface area contributed by atoms with Crippen molar-refractivity contribution in [3.05, 3.63) is 54.0 Å². The average molecular weight is 344 g/mol. The summed E-state index contributed by atoms with van der Waals surface area (Å²) in [6.45, 7) is 3.90. The summed E-state index contributed by atoms with van der Waals surface area (Å²) < 4.78 is 16.1. The predicted molar refractivity (Wildman–Crippen MR) is 88.4 cm³/mol. The van der Waals surface area contributed by atoms with Crippen LogP contribution in [0.4, 0.5) is 0 Å². The first-order valence-corrected chi connectivity index (χ1v) is 8.33. The fourth-order valence-electron chi connectivity index (χ4n) is 2.17. The molecule has 6 nitrogen and oxygen atoms in total. The fraction of sp³-hybridized carbons (Fsp3) is 0.235. The molecule has 0 aliphatic heterocycles. The van der Waals surface area contributed by atoms with E-state index in [1.807, 2.05) is 37.3 Å². The van der Waals surface area contributed by atoms with Gasteiger partial charge < -0.3 is 13.6 Å². The van der Waals surface area contributed by atoms with Crippen LogP contribution >= 0.6 is 11.8 Å². The zero-order valence-corrected chi connectivity index (χ0v) is 14.1. The number of ether oxygens (including phenoxy) is 1. The summed E-state index contributed by atoms with van der Waals surface area (Å²) in [7, 11) is 0. The number of rotatable bonds is 6. The number of aromatic nitrogens is 2. The van der Waals surface area contributed by atoms with E-state index in [2.05, 4.69) is 10.2 Å². The molecule has 7 heteroatoms. The molecule has 0 unspecified atom stereocenters. The Morgan fingerprint density at radius 1 is 1.25 bits per heavy atom. The van der Waals surface area contributed by atoms with Crippen LogP contribution in [0.1, 0.15) is 23.5 Å². The van der Waals surface area contributed by atoms with Gasteiger partial charge in [0.1, 0.15) is 11.0 Å². The number of hydrogen-bond acceptors (Lipinski definition) is 7. The van der Waals surface area contributed by atoms with Crippen molar-refractivity contribution in [2.24, 2.45) is 0 Å². The Kier molecular flexibility index (Phi) is 5.00. The maximum absolute atomic E-state index is 12.3. The normalized spacial score (nSPS) is 12.1. The number of benzene rings is 1. The average Bonchev–Trinajstić information content (AvgIpc) is 3.22. The number of esters is 1. The monoisotopic (exact) mass is 344 g/mol. The van der Waals surface area contributed by atoms with Crippen LogP contribution in [-0.4, -0.2) is 22.8 Å². The van der Waals surface area contributed by atoms with Crippen LogP contribution < -0.4 is 0 Å². The predicted octanol–water partition coefficient (Wildman–Crippen LogP) is 4.03. The van der Waals surface area contributed by atoms with Gasteiger partial charge in [-0.25, -0.2) is 0 Å². The minimum Gasteiger partial charge on any atom is -0.469 e. The number of carbonyl (C=O) groups excluding carboxylic acids is 1. The molecule has 0 amide bonds. The highest BCUT2D eigenvalue weighted by molar-refractivity contribution is 8.00. The van der Waals surface area contributed by atoms with Crippen molar-refractivity contribution in [1.29, 1.82) is 0 Å². The van der Waals surface area contributed by atoms with Gasteiger partial charge in [0.15, 0.2) is 0 Å². The zero-order valence-electron chi connectivity index (χ0n) is 13.3. The molecule has 3 rings (SSSR count). The summed E-state index contributed by atoms with van der Waals surface area (Å²) in [6, 6.07) is 11.1. The molecular weight excluding hydrogens is 328 g/mol. The third-order valence-electron chi connectivity index (χ3n) is 3.32. The van der Waals surface area contributed by atoms with Crippen LogP contribution in [-0.2, 0) is 9.53 Å². The van der Waals surface area contributed by atoms with Crippen molar-refractivity contribution in [3.8, 4) is 11.5 Å². The summed E-state index contributed by atoms with van der Waals surface area (Å²) in [5, 5.41) is 7.77. The molecule has 2 aromatic heterocycles. The van der Waals surface area contributed by atoms with Gasteiger partial charge in [-0.3, -0.25) is 4.79 Å². The Morgan fingerprint density at radius 2 is 2.04 bits per heavy atom. The maximum Gasteiger partial charge on any atom is 0.324 e. The highest BCUT2D eigenvalue weighted by atomic mass is 32.2. The van der Waals surface area contributed by atoms with Crippen LogP contribution in [0.3, 0.4) is 0 Å². The van der Waals surface area contributed by atoms with Gasteiger partial charge in [0, 0.05) is 0 Å². The number of thioether (sulfide) groups is 1. The smallest absolute Gasteiger partial charge is 0.324 e. The summed E-state index contributed by atoms with van der Waals surface area (Å²) in [6.07, 6.45) is 1.56. The van der Waals surface area contributed by atoms with Gasteiger partial charge in [-0.15, -0.1) is 10.2 Å². The Morgan fingerprint density at radius 3 is 2.71 bits per heavy atom. The first-order chi connectivity index (χ1) is 11.7. The molecule has 0 N–H and O–H groups in total. The molecular formula is C17H16N2O4S. The zero-order chi connectivity index (χ0) is 16.9. The molecule has 0 aliphatic rings. The van der Waals surface area contributed by atoms with Crippen LogP contribution in [0, 0.1) is 6.92 Å². The molecule has 1 atom stereocenters. The molecule has 24 heavy (non-hydrogen) atoms. The molecule has 0 radical (unpaired) electrons. The third kappa shape index (κ3) is 3.51. The van der Waals surface area contributed by atoms with Crippen molar-refractivity contribution in [2.75, 3.05) is 6.61 Å². The van der Waals surface area contributed by atoms with E-state index in [9.17, 15) is 4.79 Å². The number of nitrogens with zero attached hydrogens (tertiary/aromatic N) is 2. The van der Waals surface area contributed by atoms with Crippen molar-refractivity contribution in [2.45, 2.75) is 24.3 Å². The topological polar surface area (TPSA) is 78.4 Å². The second kappa shape index (κ2) is 7.35. The quantitative estimate of drug-likeness (QED) is 0.493. The van der Waals surface area contributed by atoms with E-state index in [1.165, 1.54) is 11.8 Å². The van der Waals surface area contributed by atoms with Gasteiger partial charge in [0.25, 0.3) is 11.1 Å². The third-order valence-corrected chi connectivity index (χ3v) is 4.38. The lowest BCUT2D eigenvalue weighted by Crippen LogP contribution is -2.13. The molecule has 0 saturated heterocycles. The second-order valence-corrected chi connectivity index (χ2v) is 5.98. The first kappa shape index (κ1) is 16.3. The lowest BCUT2D eigenvalue weighted by atomic mass is 10.1. The Hall–Kier alpha value is -2.54. The molecule has 124 valence electrons. The van der Waals surface area contributed by atoms with E-state index in [0.29, 0.717) is 23.5 Å². The minimum absolute atomic E-state index is 0.299. The number of hydrogen-bond donors (Lipinski definition) is 0. The van der Waals surface area contributed by atoms with E-state index in [1.54, 1.807) is 19.3 Å². The molecule has 2 heterocycles. The minimum atomic E-state index is -0.565. The van der Waals surface area contributed by atoms with Crippen LogP contribution in [0.15, 0.2) is 56.7 Å². The molecule has 0 bridgehead atoms. The SMILES string of the molecule is CCOC(=O)[C@H](Sc1nnc(-c2ccoc2C)o1)c1ccccc1. The lowest BCUT2D eigenvalue weighted by molar-refractivity contribution is -0.142. The summed E-state index contributed by atoms with van der Waals surface area (Å²) in [5.41, 5.74) is 1.56. The van der Waals surface area contributed by atoms with E-state index in [4.69, 9.17) is 13.6 Å². The Labute approximate surface area is 143 Å². The van der Waals surface area contributed by atoms with Crippen LogP contribution in [0.25, 0.3) is 11.5 Å². The molecule has 0 fully saturated rings. The molecule has 0 aliphatic carbocycles. The van der Waals surface area contributed by atoms with Crippen molar-refractivity contribution < 1.29 is 18.4 Å². The van der Waals surface area contributed by atoms with E-state index in [-0.39, 0.29) is 5.97 Å². The van der Waals surface area contributed by atoms with Crippen LogP contribution in [0.2, 0.25) is 0 Å². The van der Waals surface area contributed by atoms with Gasteiger partial charge in [-0.2, -0.15) is 0 Å². The Balaban J connectivity index is 1.84. The van der Waals surface area contributed by atoms with Crippen LogP contribution in [0.5, 0.6) is 0 Å². The van der Waals surface area contributed by atoms with Gasteiger partial charge in [0.05, 0.1) is 18.4 Å². The number of aryl methyl sites for hydroxylation is 1. The van der Waals surface area contributed by atoms with Gasteiger partial charge in [0.2, 0.25) is 0 Å². The maximum atomic E-state index is 12.3. The molecule has 0 spiro atoms.